The van der Waals surface area contributed by atoms with Gasteiger partial charge in [0.25, 0.3) is 0 Å². The maximum Gasteiger partial charge on any atom is 0.174 e. The Morgan fingerprint density at radius 3 is 3.00 bits per heavy atom. The summed E-state index contributed by atoms with van der Waals surface area (Å²) in [4.78, 5) is 4.00. The molecule has 0 saturated carbocycles. The number of fused-ring (bicyclic) bond motifs is 1. The van der Waals surface area contributed by atoms with Crippen LogP contribution >= 0.6 is 0 Å². The van der Waals surface area contributed by atoms with E-state index in [1.54, 1.807) is 18.3 Å². The van der Waals surface area contributed by atoms with Gasteiger partial charge in [-0.1, -0.05) is 0 Å². The van der Waals surface area contributed by atoms with Gasteiger partial charge in [-0.25, -0.2) is 4.39 Å². The standard InChI is InChI=1S/C10H9FN2O/c1-14-8-5-7(12)10-6(9(8)11)3-2-4-13-10/h2-5H,12H2,1H3. The number of halogens is 1. The molecule has 3 nitrogen and oxygen atoms in total. The topological polar surface area (TPSA) is 48.1 Å². The largest absolute Gasteiger partial charge is 0.494 e. The first-order valence-corrected chi connectivity index (χ1v) is 4.10. The molecule has 1 aromatic carbocycles. The third kappa shape index (κ3) is 1.16. The number of hydrogen-bond donors (Lipinski definition) is 1. The van der Waals surface area contributed by atoms with Crippen LogP contribution in [0.25, 0.3) is 10.9 Å². The first kappa shape index (κ1) is 8.74. The van der Waals surface area contributed by atoms with E-state index in [0.717, 1.165) is 0 Å². The second kappa shape index (κ2) is 3.14. The molecule has 0 aliphatic rings. The fourth-order valence-corrected chi connectivity index (χ4v) is 1.37. The van der Waals surface area contributed by atoms with Gasteiger partial charge in [0.05, 0.1) is 18.3 Å². The van der Waals surface area contributed by atoms with E-state index >= 15 is 0 Å². The normalized spacial score (nSPS) is 10.4. The number of nitrogens with zero attached hydrogens (tertiary/aromatic N) is 1. The second-order valence-electron chi connectivity index (χ2n) is 2.88. The van der Waals surface area contributed by atoms with Crippen LogP contribution in [0.1, 0.15) is 0 Å². The van der Waals surface area contributed by atoms with Gasteiger partial charge in [-0.2, -0.15) is 0 Å². The van der Waals surface area contributed by atoms with Gasteiger partial charge in [0, 0.05) is 17.6 Å². The summed E-state index contributed by atoms with van der Waals surface area (Å²) in [6.45, 7) is 0. The molecule has 72 valence electrons. The highest BCUT2D eigenvalue weighted by molar-refractivity contribution is 5.91. The highest BCUT2D eigenvalue weighted by Gasteiger charge is 2.10. The fraction of sp³-hybridized carbons (Fsp3) is 0.100. The number of benzene rings is 1. The summed E-state index contributed by atoms with van der Waals surface area (Å²) in [6.07, 6.45) is 1.57. The Morgan fingerprint density at radius 2 is 2.29 bits per heavy atom. The lowest BCUT2D eigenvalue weighted by molar-refractivity contribution is 0.389. The van der Waals surface area contributed by atoms with Crippen molar-refractivity contribution in [2.75, 3.05) is 12.8 Å². The molecule has 1 aromatic heterocycles. The lowest BCUT2D eigenvalue weighted by Crippen LogP contribution is -1.95. The highest BCUT2D eigenvalue weighted by Crippen LogP contribution is 2.29. The molecule has 14 heavy (non-hydrogen) atoms. The molecule has 0 amide bonds. The molecule has 0 radical (unpaired) electrons. The number of methoxy groups -OCH3 is 1. The summed E-state index contributed by atoms with van der Waals surface area (Å²) >= 11 is 0. The number of ether oxygens (including phenoxy) is 1. The van der Waals surface area contributed by atoms with Crippen molar-refractivity contribution in [3.63, 3.8) is 0 Å². The van der Waals surface area contributed by atoms with Crippen molar-refractivity contribution < 1.29 is 9.13 Å². The molecule has 0 fully saturated rings. The lowest BCUT2D eigenvalue weighted by Gasteiger charge is -2.06. The van der Waals surface area contributed by atoms with E-state index in [2.05, 4.69) is 4.98 Å². The van der Waals surface area contributed by atoms with Gasteiger partial charge < -0.3 is 10.5 Å². The van der Waals surface area contributed by atoms with E-state index in [1.807, 2.05) is 0 Å². The Labute approximate surface area is 80.3 Å². The minimum atomic E-state index is -0.426. The Balaban J connectivity index is 2.87. The summed E-state index contributed by atoms with van der Waals surface area (Å²) in [7, 11) is 1.40. The van der Waals surface area contributed by atoms with Crippen molar-refractivity contribution in [1.82, 2.24) is 4.98 Å². The molecule has 0 spiro atoms. The predicted octanol–water partition coefficient (Wildman–Crippen LogP) is 1.96. The average molecular weight is 192 g/mol. The maximum absolute atomic E-state index is 13.6. The molecule has 2 N–H and O–H groups in total. The van der Waals surface area contributed by atoms with Gasteiger partial charge in [-0.3, -0.25) is 4.98 Å². The summed E-state index contributed by atoms with van der Waals surface area (Å²) in [5, 5.41) is 0.379. The third-order valence-electron chi connectivity index (χ3n) is 2.04. The van der Waals surface area contributed by atoms with Crippen LogP contribution in [0.4, 0.5) is 10.1 Å². The molecule has 4 heteroatoms. The highest BCUT2D eigenvalue weighted by atomic mass is 19.1. The Morgan fingerprint density at radius 1 is 1.50 bits per heavy atom. The van der Waals surface area contributed by atoms with Crippen LogP contribution in [0.3, 0.4) is 0 Å². The summed E-state index contributed by atoms with van der Waals surface area (Å²) in [6, 6.07) is 4.71. The molecular formula is C10H9FN2O. The monoisotopic (exact) mass is 192 g/mol. The number of nitrogens with two attached hydrogens (primary N) is 1. The van der Waals surface area contributed by atoms with Gasteiger partial charge >= 0.3 is 0 Å². The molecule has 0 atom stereocenters. The van der Waals surface area contributed by atoms with Gasteiger partial charge in [0.1, 0.15) is 0 Å². The van der Waals surface area contributed by atoms with Crippen LogP contribution in [0, 0.1) is 5.82 Å². The Hall–Kier alpha value is -1.84. The number of pyridine rings is 1. The molecule has 1 heterocycles. The van der Waals surface area contributed by atoms with E-state index in [9.17, 15) is 4.39 Å². The third-order valence-corrected chi connectivity index (χ3v) is 2.04. The summed E-state index contributed by atoms with van der Waals surface area (Å²) < 4.78 is 18.5. The zero-order chi connectivity index (χ0) is 10.1. The Bertz CT molecular complexity index is 485. The Kier molecular flexibility index (Phi) is 1.96. The molecular weight excluding hydrogens is 183 g/mol. The first-order chi connectivity index (χ1) is 6.74. The van der Waals surface area contributed by atoms with Crippen LogP contribution in [0.2, 0.25) is 0 Å². The van der Waals surface area contributed by atoms with Crippen LogP contribution in [0.15, 0.2) is 24.4 Å². The van der Waals surface area contributed by atoms with Crippen molar-refractivity contribution in [1.29, 1.82) is 0 Å². The second-order valence-corrected chi connectivity index (χ2v) is 2.88. The quantitative estimate of drug-likeness (QED) is 0.702. The van der Waals surface area contributed by atoms with E-state index < -0.39 is 5.82 Å². The minimum absolute atomic E-state index is 0.142. The van der Waals surface area contributed by atoms with Crippen molar-refractivity contribution in [2.24, 2.45) is 0 Å². The van der Waals surface area contributed by atoms with Crippen LogP contribution < -0.4 is 10.5 Å². The van der Waals surface area contributed by atoms with Gasteiger partial charge in [0.2, 0.25) is 0 Å². The van der Waals surface area contributed by atoms with E-state index in [0.29, 0.717) is 16.6 Å². The van der Waals surface area contributed by atoms with Crippen molar-refractivity contribution in [2.45, 2.75) is 0 Å². The van der Waals surface area contributed by atoms with Gasteiger partial charge in [0.15, 0.2) is 11.6 Å². The number of rotatable bonds is 1. The molecule has 0 saturated heterocycles. The maximum atomic E-state index is 13.6. The average Bonchev–Trinajstić information content (AvgIpc) is 2.23. The molecule has 0 aliphatic heterocycles. The summed E-state index contributed by atoms with van der Waals surface area (Å²) in [5.74, 6) is -0.284. The van der Waals surface area contributed by atoms with Crippen LogP contribution in [0.5, 0.6) is 5.75 Å². The first-order valence-electron chi connectivity index (χ1n) is 4.10. The zero-order valence-corrected chi connectivity index (χ0v) is 7.62. The zero-order valence-electron chi connectivity index (χ0n) is 7.62. The van der Waals surface area contributed by atoms with E-state index in [1.165, 1.54) is 13.2 Å². The van der Waals surface area contributed by atoms with Crippen molar-refractivity contribution in [3.05, 3.63) is 30.2 Å². The van der Waals surface area contributed by atoms with Crippen LogP contribution in [-0.2, 0) is 0 Å². The van der Waals surface area contributed by atoms with Crippen LogP contribution in [-0.4, -0.2) is 12.1 Å². The molecule has 0 aliphatic carbocycles. The van der Waals surface area contributed by atoms with Gasteiger partial charge in [-0.15, -0.1) is 0 Å². The van der Waals surface area contributed by atoms with Crippen molar-refractivity contribution >= 4 is 16.6 Å². The van der Waals surface area contributed by atoms with Gasteiger partial charge in [-0.05, 0) is 12.1 Å². The lowest BCUT2D eigenvalue weighted by atomic mass is 10.1. The van der Waals surface area contributed by atoms with E-state index in [4.69, 9.17) is 10.5 Å². The molecule has 0 unspecified atom stereocenters. The molecule has 2 aromatic rings. The number of aromatic nitrogens is 1. The predicted molar refractivity (Wildman–Crippen MR) is 52.7 cm³/mol. The number of nitrogen functional groups attached to an aromatic ring is 1. The molecule has 0 bridgehead atoms. The minimum Gasteiger partial charge on any atom is -0.494 e. The number of anilines is 1. The fourth-order valence-electron chi connectivity index (χ4n) is 1.37. The van der Waals surface area contributed by atoms with Crippen molar-refractivity contribution in [3.8, 4) is 5.75 Å². The number of hydrogen-bond acceptors (Lipinski definition) is 3. The summed E-state index contributed by atoms with van der Waals surface area (Å²) in [5.41, 5.74) is 6.57. The van der Waals surface area contributed by atoms with E-state index in [-0.39, 0.29) is 5.75 Å². The SMILES string of the molecule is COc1cc(N)c2ncccc2c1F. The molecule has 2 rings (SSSR count). The smallest absolute Gasteiger partial charge is 0.174 e.